The molecule has 152 valence electrons. The molecule has 1 fully saturated rings. The molecule has 0 amide bonds. The molecule has 0 spiro atoms. The number of ether oxygens (including phenoxy) is 1. The van der Waals surface area contributed by atoms with E-state index in [4.69, 9.17) is 9.72 Å². The summed E-state index contributed by atoms with van der Waals surface area (Å²) in [6.45, 7) is 1.54. The Morgan fingerprint density at radius 3 is 2.60 bits per heavy atom. The largest absolute Gasteiger partial charge is 0.376 e. The van der Waals surface area contributed by atoms with Crippen LogP contribution in [0, 0.1) is 0 Å². The van der Waals surface area contributed by atoms with Gasteiger partial charge in [-0.15, -0.1) is 0 Å². The lowest BCUT2D eigenvalue weighted by Crippen LogP contribution is -2.32. The Morgan fingerprint density at radius 1 is 1.07 bits per heavy atom. The molecule has 0 unspecified atom stereocenters. The second-order valence-electron chi connectivity index (χ2n) is 7.42. The van der Waals surface area contributed by atoms with E-state index in [0.29, 0.717) is 30.1 Å². The predicted molar refractivity (Wildman–Crippen MR) is 112 cm³/mol. The molecule has 8 nitrogen and oxygen atoms in total. The van der Waals surface area contributed by atoms with Gasteiger partial charge in [0.1, 0.15) is 5.82 Å². The Balaban J connectivity index is 1.74. The third-order valence-corrected chi connectivity index (χ3v) is 5.42. The number of rotatable bonds is 5. The number of imidazole rings is 1. The summed E-state index contributed by atoms with van der Waals surface area (Å²) in [5, 5.41) is 0. The molecule has 1 N–H and O–H groups in total. The van der Waals surface area contributed by atoms with Crippen LogP contribution in [0.4, 0.5) is 0 Å². The predicted octanol–water partition coefficient (Wildman–Crippen LogP) is 2.18. The summed E-state index contributed by atoms with van der Waals surface area (Å²) in [4.78, 5) is 36.9. The molecule has 30 heavy (non-hydrogen) atoms. The van der Waals surface area contributed by atoms with Crippen molar-refractivity contribution in [1.29, 1.82) is 0 Å². The maximum absolute atomic E-state index is 12.9. The number of hydrogen-bond acceptors (Lipinski definition) is 5. The highest BCUT2D eigenvalue weighted by molar-refractivity contribution is 5.77. The van der Waals surface area contributed by atoms with Crippen LogP contribution in [-0.4, -0.2) is 36.8 Å². The summed E-state index contributed by atoms with van der Waals surface area (Å²) < 4.78 is 9.21. The van der Waals surface area contributed by atoms with Gasteiger partial charge in [0.15, 0.2) is 11.2 Å². The molecule has 0 radical (unpaired) electrons. The third-order valence-electron chi connectivity index (χ3n) is 5.42. The summed E-state index contributed by atoms with van der Waals surface area (Å²) in [5.74, 6) is 0.626. The van der Waals surface area contributed by atoms with Crippen LogP contribution < -0.4 is 11.2 Å². The lowest BCUT2D eigenvalue weighted by Gasteiger charge is -2.14. The Labute approximate surface area is 171 Å². The molecule has 1 saturated heterocycles. The van der Waals surface area contributed by atoms with E-state index < -0.39 is 11.2 Å². The van der Waals surface area contributed by atoms with Gasteiger partial charge in [0, 0.05) is 24.6 Å². The van der Waals surface area contributed by atoms with E-state index in [-0.39, 0.29) is 6.10 Å². The first-order valence-electron chi connectivity index (χ1n) is 10.00. The zero-order chi connectivity index (χ0) is 20.5. The highest BCUT2D eigenvalue weighted by atomic mass is 16.5. The van der Waals surface area contributed by atoms with Crippen molar-refractivity contribution in [3.05, 3.63) is 81.3 Å². The van der Waals surface area contributed by atoms with Crippen LogP contribution in [0.15, 0.2) is 64.4 Å². The zero-order valence-corrected chi connectivity index (χ0v) is 16.3. The first-order valence-corrected chi connectivity index (χ1v) is 10.00. The van der Waals surface area contributed by atoms with Gasteiger partial charge in [-0.05, 0) is 30.5 Å². The van der Waals surface area contributed by atoms with E-state index >= 15 is 0 Å². The van der Waals surface area contributed by atoms with Crippen LogP contribution in [0.1, 0.15) is 18.4 Å². The van der Waals surface area contributed by atoms with E-state index in [0.717, 1.165) is 30.6 Å². The summed E-state index contributed by atoms with van der Waals surface area (Å²) >= 11 is 0. The van der Waals surface area contributed by atoms with Crippen LogP contribution >= 0.6 is 0 Å². The number of H-pyrrole nitrogens is 1. The van der Waals surface area contributed by atoms with E-state index in [1.165, 1.54) is 4.57 Å². The highest BCUT2D eigenvalue weighted by Gasteiger charge is 2.24. The number of hydrogen-bond donors (Lipinski definition) is 1. The molecular formula is C22H21N5O3. The van der Waals surface area contributed by atoms with Gasteiger partial charge in [-0.2, -0.15) is 0 Å². The molecular weight excluding hydrogens is 382 g/mol. The van der Waals surface area contributed by atoms with Crippen molar-refractivity contribution in [3.63, 3.8) is 0 Å². The van der Waals surface area contributed by atoms with Crippen molar-refractivity contribution in [2.75, 3.05) is 6.61 Å². The number of pyridine rings is 1. The first kappa shape index (κ1) is 18.5. The fourth-order valence-corrected chi connectivity index (χ4v) is 3.98. The minimum Gasteiger partial charge on any atom is -0.376 e. The van der Waals surface area contributed by atoms with Crippen LogP contribution in [0.25, 0.3) is 22.6 Å². The SMILES string of the molecule is O=c1[nH]c(=O)n(Cc2ccccc2)c2nc(-c3ccncc3)n(C[C@H]3CCCO3)c12. The van der Waals surface area contributed by atoms with Crippen LogP contribution in [-0.2, 0) is 17.8 Å². The van der Waals surface area contributed by atoms with Crippen LogP contribution in [0.3, 0.4) is 0 Å². The number of nitrogens with one attached hydrogen (secondary N) is 1. The van der Waals surface area contributed by atoms with Crippen molar-refractivity contribution in [2.24, 2.45) is 0 Å². The number of aromatic amines is 1. The molecule has 4 heterocycles. The second-order valence-corrected chi connectivity index (χ2v) is 7.42. The Kier molecular flexibility index (Phi) is 4.76. The van der Waals surface area contributed by atoms with E-state index in [1.807, 2.05) is 47.0 Å². The first-order chi connectivity index (χ1) is 14.7. The minimum absolute atomic E-state index is 0.0110. The lowest BCUT2D eigenvalue weighted by molar-refractivity contribution is 0.0982. The van der Waals surface area contributed by atoms with E-state index in [9.17, 15) is 9.59 Å². The minimum atomic E-state index is -0.473. The van der Waals surface area contributed by atoms with Gasteiger partial charge in [0.2, 0.25) is 0 Å². The Bertz CT molecular complexity index is 1290. The van der Waals surface area contributed by atoms with Gasteiger partial charge < -0.3 is 9.30 Å². The molecule has 0 aliphatic carbocycles. The zero-order valence-electron chi connectivity index (χ0n) is 16.3. The normalized spacial score (nSPS) is 16.3. The molecule has 4 aromatic rings. The Hall–Kier alpha value is -3.52. The standard InChI is InChI=1S/C22H21N5O3/c28-21-18-20(27(22(29)25-21)13-15-5-2-1-3-6-15)24-19(16-8-10-23-11-9-16)26(18)14-17-7-4-12-30-17/h1-3,5-6,8-11,17H,4,7,12-14H2,(H,25,28,29)/t17-/m1/s1. The van der Waals surface area contributed by atoms with Gasteiger partial charge in [0.05, 0.1) is 19.2 Å². The van der Waals surface area contributed by atoms with Crippen molar-refractivity contribution in [2.45, 2.75) is 32.0 Å². The summed E-state index contributed by atoms with van der Waals surface area (Å²) in [6.07, 6.45) is 5.31. The van der Waals surface area contributed by atoms with Crippen LogP contribution in [0.5, 0.6) is 0 Å². The number of nitrogens with zero attached hydrogens (tertiary/aromatic N) is 4. The smallest absolute Gasteiger partial charge is 0.330 e. The van der Waals surface area contributed by atoms with Crippen molar-refractivity contribution in [3.8, 4) is 11.4 Å². The summed E-state index contributed by atoms with van der Waals surface area (Å²) in [7, 11) is 0. The maximum atomic E-state index is 12.9. The van der Waals surface area contributed by atoms with Gasteiger partial charge >= 0.3 is 5.69 Å². The monoisotopic (exact) mass is 403 g/mol. The number of fused-ring (bicyclic) bond motifs is 1. The molecule has 1 aliphatic rings. The van der Waals surface area contributed by atoms with E-state index in [1.54, 1.807) is 12.4 Å². The van der Waals surface area contributed by atoms with Gasteiger partial charge in [0.25, 0.3) is 5.56 Å². The topological polar surface area (TPSA) is 94.8 Å². The molecule has 1 aliphatic heterocycles. The average molecular weight is 403 g/mol. The second kappa shape index (κ2) is 7.72. The molecule has 3 aromatic heterocycles. The highest BCUT2D eigenvalue weighted by Crippen LogP contribution is 2.25. The van der Waals surface area contributed by atoms with Crippen molar-refractivity contribution >= 4 is 11.2 Å². The lowest BCUT2D eigenvalue weighted by atomic mass is 10.2. The third kappa shape index (κ3) is 3.35. The van der Waals surface area contributed by atoms with Gasteiger partial charge in [-0.25, -0.2) is 9.78 Å². The fraction of sp³-hybridized carbons (Fsp3) is 0.273. The van der Waals surface area contributed by atoms with Gasteiger partial charge in [-0.1, -0.05) is 30.3 Å². The number of benzene rings is 1. The summed E-state index contributed by atoms with van der Waals surface area (Å²) in [6, 6.07) is 13.3. The summed E-state index contributed by atoms with van der Waals surface area (Å²) in [5.41, 5.74) is 1.62. The van der Waals surface area contributed by atoms with Crippen molar-refractivity contribution < 1.29 is 4.74 Å². The van der Waals surface area contributed by atoms with E-state index in [2.05, 4.69) is 9.97 Å². The number of aromatic nitrogens is 5. The van der Waals surface area contributed by atoms with Crippen molar-refractivity contribution in [1.82, 2.24) is 24.1 Å². The Morgan fingerprint density at radius 2 is 1.87 bits per heavy atom. The molecule has 5 rings (SSSR count). The molecule has 0 saturated carbocycles. The van der Waals surface area contributed by atoms with Crippen LogP contribution in [0.2, 0.25) is 0 Å². The molecule has 8 heteroatoms. The maximum Gasteiger partial charge on any atom is 0.330 e. The molecule has 0 bridgehead atoms. The quantitative estimate of drug-likeness (QED) is 0.551. The molecule has 1 aromatic carbocycles. The fourth-order valence-electron chi connectivity index (χ4n) is 3.98. The average Bonchev–Trinajstić information content (AvgIpc) is 3.41. The molecule has 1 atom stereocenters. The van der Waals surface area contributed by atoms with Gasteiger partial charge in [-0.3, -0.25) is 19.3 Å².